The Morgan fingerprint density at radius 1 is 1.05 bits per heavy atom. The van der Waals surface area contributed by atoms with Crippen molar-refractivity contribution in [2.75, 3.05) is 0 Å². The minimum absolute atomic E-state index is 0.733. The van der Waals surface area contributed by atoms with Gasteiger partial charge in [0, 0.05) is 18.1 Å². The van der Waals surface area contributed by atoms with E-state index in [9.17, 15) is 0 Å². The van der Waals surface area contributed by atoms with Gasteiger partial charge in [0.1, 0.15) is 10.7 Å². The van der Waals surface area contributed by atoms with E-state index in [1.165, 1.54) is 5.56 Å². The minimum Gasteiger partial charge on any atom is -0.463 e. The molecule has 0 N–H and O–H groups in total. The molecule has 0 amide bonds. The van der Waals surface area contributed by atoms with Crippen LogP contribution in [-0.4, -0.2) is 15.2 Å². The number of furan rings is 1. The van der Waals surface area contributed by atoms with Crippen molar-refractivity contribution >= 4 is 11.8 Å². The fourth-order valence-electron chi connectivity index (χ4n) is 1.59. The first-order valence-electron chi connectivity index (χ1n) is 5.81. The lowest BCUT2D eigenvalue weighted by Gasteiger charge is -2.01. The highest BCUT2D eigenvalue weighted by Gasteiger charge is 2.04. The second-order valence-electron chi connectivity index (χ2n) is 3.88. The largest absolute Gasteiger partial charge is 0.463 e. The molecule has 0 atom stereocenters. The van der Waals surface area contributed by atoms with Crippen molar-refractivity contribution in [1.82, 2.24) is 15.2 Å². The summed E-state index contributed by atoms with van der Waals surface area (Å²) in [5.41, 5.74) is 1.92. The molecule has 3 aromatic heterocycles. The molecule has 0 aromatic carbocycles. The highest BCUT2D eigenvalue weighted by Crippen LogP contribution is 2.22. The smallest absolute Gasteiger partial charge is 0.154 e. The standard InChI is InChI=1S/C14H11N3OS/c1-3-11(9-15-7-1)10-19-14-6-5-12(16-17-14)13-4-2-8-18-13/h1-9H,10H2. The molecule has 0 aliphatic rings. The fourth-order valence-corrected chi connectivity index (χ4v) is 2.34. The van der Waals surface area contributed by atoms with Crippen molar-refractivity contribution in [1.29, 1.82) is 0 Å². The Kier molecular flexibility index (Phi) is 3.56. The second-order valence-corrected chi connectivity index (χ2v) is 4.88. The van der Waals surface area contributed by atoms with Crippen LogP contribution in [0.15, 0.2) is 64.5 Å². The third-order valence-electron chi connectivity index (χ3n) is 2.52. The van der Waals surface area contributed by atoms with Gasteiger partial charge in [0.15, 0.2) is 5.76 Å². The molecule has 4 nitrogen and oxygen atoms in total. The molecule has 94 valence electrons. The van der Waals surface area contributed by atoms with Gasteiger partial charge in [-0.1, -0.05) is 17.8 Å². The quantitative estimate of drug-likeness (QED) is 0.679. The maximum absolute atomic E-state index is 5.27. The molecule has 0 spiro atoms. The first-order valence-corrected chi connectivity index (χ1v) is 6.80. The molecule has 3 aromatic rings. The van der Waals surface area contributed by atoms with Gasteiger partial charge in [-0.2, -0.15) is 0 Å². The van der Waals surface area contributed by atoms with E-state index in [1.807, 2.05) is 42.6 Å². The van der Waals surface area contributed by atoms with Crippen LogP contribution in [0.5, 0.6) is 0 Å². The number of nitrogens with zero attached hydrogens (tertiary/aromatic N) is 3. The number of aromatic nitrogens is 3. The van der Waals surface area contributed by atoms with Gasteiger partial charge in [0.25, 0.3) is 0 Å². The Bertz CT molecular complexity index is 624. The molecule has 5 heteroatoms. The fraction of sp³-hybridized carbons (Fsp3) is 0.0714. The number of hydrogen-bond acceptors (Lipinski definition) is 5. The lowest BCUT2D eigenvalue weighted by molar-refractivity contribution is 0.578. The number of pyridine rings is 1. The minimum atomic E-state index is 0.733. The van der Waals surface area contributed by atoms with E-state index in [1.54, 1.807) is 24.2 Å². The average Bonchev–Trinajstić information content (AvgIpc) is 3.01. The van der Waals surface area contributed by atoms with E-state index < -0.39 is 0 Å². The van der Waals surface area contributed by atoms with Crippen LogP contribution < -0.4 is 0 Å². The SMILES string of the molecule is c1cncc(CSc2ccc(-c3ccco3)nn2)c1. The molecule has 0 radical (unpaired) electrons. The van der Waals surface area contributed by atoms with Gasteiger partial charge in [0.05, 0.1) is 6.26 Å². The molecule has 0 saturated carbocycles. The molecule has 3 rings (SSSR count). The first kappa shape index (κ1) is 11.9. The maximum Gasteiger partial charge on any atom is 0.154 e. The Morgan fingerprint density at radius 3 is 2.74 bits per heavy atom. The van der Waals surface area contributed by atoms with Crippen LogP contribution in [0.2, 0.25) is 0 Å². The number of thioether (sulfide) groups is 1. The average molecular weight is 269 g/mol. The third kappa shape index (κ3) is 3.00. The summed E-state index contributed by atoms with van der Waals surface area (Å²) in [4.78, 5) is 4.08. The monoisotopic (exact) mass is 269 g/mol. The van der Waals surface area contributed by atoms with E-state index in [0.29, 0.717) is 0 Å². The van der Waals surface area contributed by atoms with Crippen LogP contribution in [0.1, 0.15) is 5.56 Å². The van der Waals surface area contributed by atoms with E-state index >= 15 is 0 Å². The Labute approximate surface area is 114 Å². The molecule has 0 fully saturated rings. The summed E-state index contributed by atoms with van der Waals surface area (Å²) in [5, 5.41) is 9.22. The molecular formula is C14H11N3OS. The van der Waals surface area contributed by atoms with Gasteiger partial charge in [-0.15, -0.1) is 10.2 Å². The summed E-state index contributed by atoms with van der Waals surface area (Å²) < 4.78 is 5.27. The summed E-state index contributed by atoms with van der Waals surface area (Å²) >= 11 is 1.64. The molecule has 19 heavy (non-hydrogen) atoms. The Morgan fingerprint density at radius 2 is 2.05 bits per heavy atom. The van der Waals surface area contributed by atoms with Gasteiger partial charge < -0.3 is 4.42 Å². The number of hydrogen-bond donors (Lipinski definition) is 0. The molecule has 0 saturated heterocycles. The number of rotatable bonds is 4. The summed E-state index contributed by atoms with van der Waals surface area (Å²) in [5.74, 6) is 1.57. The van der Waals surface area contributed by atoms with Gasteiger partial charge in [-0.05, 0) is 35.9 Å². The van der Waals surface area contributed by atoms with E-state index in [0.717, 1.165) is 22.2 Å². The van der Waals surface area contributed by atoms with Crippen molar-refractivity contribution in [2.45, 2.75) is 10.8 Å². The highest BCUT2D eigenvalue weighted by molar-refractivity contribution is 7.98. The molecular weight excluding hydrogens is 258 g/mol. The van der Waals surface area contributed by atoms with Crippen molar-refractivity contribution in [3.8, 4) is 11.5 Å². The predicted octanol–water partition coefficient (Wildman–Crippen LogP) is 3.42. The van der Waals surface area contributed by atoms with E-state index in [2.05, 4.69) is 15.2 Å². The van der Waals surface area contributed by atoms with Crippen molar-refractivity contribution < 1.29 is 4.42 Å². The molecule has 0 bridgehead atoms. The van der Waals surface area contributed by atoms with E-state index in [4.69, 9.17) is 4.42 Å². The summed E-state index contributed by atoms with van der Waals surface area (Å²) in [6.07, 6.45) is 5.26. The van der Waals surface area contributed by atoms with Crippen LogP contribution >= 0.6 is 11.8 Å². The zero-order valence-electron chi connectivity index (χ0n) is 10.1. The Hall–Kier alpha value is -2.14. The van der Waals surface area contributed by atoms with Gasteiger partial charge in [-0.25, -0.2) is 0 Å². The van der Waals surface area contributed by atoms with Gasteiger partial charge in [0.2, 0.25) is 0 Å². The normalized spacial score (nSPS) is 10.5. The summed E-state index contributed by atoms with van der Waals surface area (Å²) in [6.45, 7) is 0. The second kappa shape index (κ2) is 5.67. The molecule has 0 aliphatic carbocycles. The van der Waals surface area contributed by atoms with Crippen LogP contribution in [0.4, 0.5) is 0 Å². The van der Waals surface area contributed by atoms with Crippen LogP contribution in [-0.2, 0) is 5.75 Å². The highest BCUT2D eigenvalue weighted by atomic mass is 32.2. The van der Waals surface area contributed by atoms with Crippen molar-refractivity contribution in [3.63, 3.8) is 0 Å². The molecule has 0 aliphatic heterocycles. The predicted molar refractivity (Wildman–Crippen MR) is 73.5 cm³/mol. The topological polar surface area (TPSA) is 51.8 Å². The first-order chi connectivity index (χ1) is 9.42. The molecule has 0 unspecified atom stereocenters. The van der Waals surface area contributed by atoms with Crippen LogP contribution in [0.25, 0.3) is 11.5 Å². The zero-order chi connectivity index (χ0) is 12.9. The van der Waals surface area contributed by atoms with Crippen LogP contribution in [0.3, 0.4) is 0 Å². The van der Waals surface area contributed by atoms with E-state index in [-0.39, 0.29) is 0 Å². The zero-order valence-corrected chi connectivity index (χ0v) is 10.9. The lowest BCUT2D eigenvalue weighted by Crippen LogP contribution is -1.89. The van der Waals surface area contributed by atoms with Crippen LogP contribution in [0, 0.1) is 0 Å². The lowest BCUT2D eigenvalue weighted by atomic mass is 10.3. The van der Waals surface area contributed by atoms with Crippen molar-refractivity contribution in [2.24, 2.45) is 0 Å². The van der Waals surface area contributed by atoms with Gasteiger partial charge >= 0.3 is 0 Å². The van der Waals surface area contributed by atoms with Crippen molar-refractivity contribution in [3.05, 3.63) is 60.6 Å². The summed E-state index contributed by atoms with van der Waals surface area (Å²) in [6, 6.07) is 11.5. The van der Waals surface area contributed by atoms with Gasteiger partial charge in [-0.3, -0.25) is 4.98 Å². The Balaban J connectivity index is 1.67. The maximum atomic E-state index is 5.27. The third-order valence-corrected chi connectivity index (χ3v) is 3.51. The summed E-state index contributed by atoms with van der Waals surface area (Å²) in [7, 11) is 0. The molecule has 3 heterocycles.